The summed E-state index contributed by atoms with van der Waals surface area (Å²) < 4.78 is 29.7. The van der Waals surface area contributed by atoms with Crippen molar-refractivity contribution in [3.8, 4) is 6.07 Å². The topological polar surface area (TPSA) is 84.0 Å². The van der Waals surface area contributed by atoms with Crippen molar-refractivity contribution < 1.29 is 12.8 Å². The van der Waals surface area contributed by atoms with E-state index in [9.17, 15) is 13.7 Å². The zero-order valence-corrected chi connectivity index (χ0v) is 15.2. The van der Waals surface area contributed by atoms with Gasteiger partial charge in [0.15, 0.2) is 21.3 Å². The summed E-state index contributed by atoms with van der Waals surface area (Å²) >= 11 is 0. The molecule has 1 aromatic heterocycles. The monoisotopic (exact) mass is 366 g/mol. The summed E-state index contributed by atoms with van der Waals surface area (Å²) in [5, 5.41) is 9.38. The Kier molecular flexibility index (Phi) is 4.04. The van der Waals surface area contributed by atoms with Gasteiger partial charge >= 0.3 is 0 Å². The maximum Gasteiger partial charge on any atom is 0.199 e. The van der Waals surface area contributed by atoms with Crippen LogP contribution in [-0.2, 0) is 9.84 Å². The molecule has 2 aromatic carbocycles. The van der Waals surface area contributed by atoms with Gasteiger partial charge in [-0.05, 0) is 48.6 Å². The highest BCUT2D eigenvalue weighted by atomic mass is 32.2. The smallest absolute Gasteiger partial charge is 0.199 e. The van der Waals surface area contributed by atoms with E-state index in [0.717, 1.165) is 48.1 Å². The molecule has 2 atom stereocenters. The molecule has 0 radical (unpaired) electrons. The van der Waals surface area contributed by atoms with Gasteiger partial charge in [0.2, 0.25) is 0 Å². The van der Waals surface area contributed by atoms with E-state index in [1.807, 2.05) is 36.4 Å². The van der Waals surface area contributed by atoms with Crippen LogP contribution in [0.2, 0.25) is 0 Å². The van der Waals surface area contributed by atoms with Crippen molar-refractivity contribution in [2.75, 3.05) is 6.26 Å². The summed E-state index contributed by atoms with van der Waals surface area (Å²) in [6.45, 7) is 0. The van der Waals surface area contributed by atoms with Crippen LogP contribution in [0.4, 0.5) is 0 Å². The molecule has 1 aliphatic rings. The number of fused-ring (bicyclic) bond motifs is 1. The largest absolute Gasteiger partial charge is 0.440 e. The second-order valence-electron chi connectivity index (χ2n) is 6.80. The quantitative estimate of drug-likeness (QED) is 0.695. The van der Waals surface area contributed by atoms with Gasteiger partial charge in [0.05, 0.1) is 10.5 Å². The Morgan fingerprint density at radius 2 is 1.92 bits per heavy atom. The van der Waals surface area contributed by atoms with Crippen molar-refractivity contribution in [2.24, 2.45) is 0 Å². The van der Waals surface area contributed by atoms with E-state index in [4.69, 9.17) is 4.42 Å². The van der Waals surface area contributed by atoms with Crippen LogP contribution in [0.25, 0.3) is 11.1 Å². The van der Waals surface area contributed by atoms with Gasteiger partial charge in [-0.1, -0.05) is 24.6 Å². The van der Waals surface area contributed by atoms with E-state index in [1.165, 1.54) is 0 Å². The van der Waals surface area contributed by atoms with Crippen molar-refractivity contribution >= 4 is 20.9 Å². The van der Waals surface area contributed by atoms with Crippen LogP contribution >= 0.6 is 0 Å². The summed E-state index contributed by atoms with van der Waals surface area (Å²) in [5.41, 5.74) is 2.79. The summed E-state index contributed by atoms with van der Waals surface area (Å²) in [4.78, 5) is 4.73. The van der Waals surface area contributed by atoms with E-state index in [1.54, 1.807) is 12.1 Å². The molecule has 0 amide bonds. The number of nitriles is 1. The molecule has 26 heavy (non-hydrogen) atoms. The van der Waals surface area contributed by atoms with Crippen LogP contribution in [0.3, 0.4) is 0 Å². The number of para-hydroxylation sites is 2. The van der Waals surface area contributed by atoms with Crippen LogP contribution in [0.15, 0.2) is 51.8 Å². The Morgan fingerprint density at radius 3 is 2.65 bits per heavy atom. The van der Waals surface area contributed by atoms with E-state index in [2.05, 4.69) is 4.98 Å². The van der Waals surface area contributed by atoms with E-state index in [-0.39, 0.29) is 22.3 Å². The van der Waals surface area contributed by atoms with Gasteiger partial charge in [-0.15, -0.1) is 0 Å². The first kappa shape index (κ1) is 16.8. The first-order chi connectivity index (χ1) is 12.5. The number of benzene rings is 2. The molecular weight excluding hydrogens is 348 g/mol. The van der Waals surface area contributed by atoms with Crippen LogP contribution < -0.4 is 0 Å². The zero-order valence-electron chi connectivity index (χ0n) is 14.3. The first-order valence-corrected chi connectivity index (χ1v) is 10.5. The van der Waals surface area contributed by atoms with Crippen LogP contribution in [0.1, 0.15) is 48.1 Å². The molecule has 0 bridgehead atoms. The predicted molar refractivity (Wildman–Crippen MR) is 97.6 cm³/mol. The average molecular weight is 366 g/mol. The lowest BCUT2D eigenvalue weighted by atomic mass is 9.88. The third kappa shape index (κ3) is 2.89. The Labute approximate surface area is 152 Å². The Balaban J connectivity index is 1.74. The third-order valence-electron chi connectivity index (χ3n) is 5.10. The van der Waals surface area contributed by atoms with Crippen molar-refractivity contribution in [1.82, 2.24) is 4.98 Å². The molecule has 0 saturated heterocycles. The van der Waals surface area contributed by atoms with Crippen molar-refractivity contribution in [1.29, 1.82) is 5.26 Å². The molecule has 1 fully saturated rings. The second kappa shape index (κ2) is 6.26. The number of hydrogen-bond donors (Lipinski definition) is 0. The lowest BCUT2D eigenvalue weighted by molar-refractivity contribution is 0.450. The molecule has 4 rings (SSSR count). The minimum absolute atomic E-state index is 0.0835. The number of oxazole rings is 1. The maximum absolute atomic E-state index is 11.9. The molecule has 1 aliphatic carbocycles. The predicted octanol–water partition coefficient (Wildman–Crippen LogP) is 4.15. The average Bonchev–Trinajstić information content (AvgIpc) is 3.26. The number of sulfone groups is 1. The molecule has 132 valence electrons. The molecule has 2 unspecified atom stereocenters. The highest BCUT2D eigenvalue weighted by Crippen LogP contribution is 2.46. The lowest BCUT2D eigenvalue weighted by Crippen LogP contribution is -2.07. The molecule has 0 aliphatic heterocycles. The molecule has 1 heterocycles. The number of hydrogen-bond acceptors (Lipinski definition) is 5. The van der Waals surface area contributed by atoms with Crippen LogP contribution in [0, 0.1) is 11.3 Å². The molecule has 0 N–H and O–H groups in total. The fraction of sp³-hybridized carbons (Fsp3) is 0.300. The summed E-state index contributed by atoms with van der Waals surface area (Å²) in [6, 6.07) is 14.8. The van der Waals surface area contributed by atoms with E-state index >= 15 is 0 Å². The number of nitrogens with zero attached hydrogens (tertiary/aromatic N) is 2. The van der Waals surface area contributed by atoms with Crippen molar-refractivity contribution in [3.05, 3.63) is 59.5 Å². The first-order valence-electron chi connectivity index (χ1n) is 8.57. The highest BCUT2D eigenvalue weighted by Gasteiger charge is 2.34. The SMILES string of the molecule is CS(=O)(=O)c1ccc(C2CCCC2c2nc3ccccc3o2)cc1C#N. The van der Waals surface area contributed by atoms with Gasteiger partial charge in [0.1, 0.15) is 11.6 Å². The lowest BCUT2D eigenvalue weighted by Gasteiger charge is -2.18. The van der Waals surface area contributed by atoms with E-state index < -0.39 is 9.84 Å². The molecule has 0 spiro atoms. The fourth-order valence-electron chi connectivity index (χ4n) is 3.89. The van der Waals surface area contributed by atoms with Gasteiger partial charge in [-0.25, -0.2) is 13.4 Å². The Bertz CT molecular complexity index is 1090. The molecule has 1 saturated carbocycles. The van der Waals surface area contributed by atoms with Gasteiger partial charge in [-0.3, -0.25) is 0 Å². The van der Waals surface area contributed by atoms with Crippen LogP contribution in [-0.4, -0.2) is 19.7 Å². The Morgan fingerprint density at radius 1 is 1.15 bits per heavy atom. The Hall–Kier alpha value is -2.65. The molecule has 6 heteroatoms. The molecule has 3 aromatic rings. The second-order valence-corrected chi connectivity index (χ2v) is 8.79. The van der Waals surface area contributed by atoms with Gasteiger partial charge < -0.3 is 4.42 Å². The van der Waals surface area contributed by atoms with Crippen LogP contribution in [0.5, 0.6) is 0 Å². The minimum atomic E-state index is -3.42. The minimum Gasteiger partial charge on any atom is -0.440 e. The molecule has 5 nitrogen and oxygen atoms in total. The third-order valence-corrected chi connectivity index (χ3v) is 6.25. The van der Waals surface area contributed by atoms with Gasteiger partial charge in [0, 0.05) is 12.2 Å². The van der Waals surface area contributed by atoms with Crippen molar-refractivity contribution in [2.45, 2.75) is 36.0 Å². The fourth-order valence-corrected chi connectivity index (χ4v) is 4.71. The summed E-state index contributed by atoms with van der Waals surface area (Å²) in [7, 11) is -3.42. The van der Waals surface area contributed by atoms with Crippen molar-refractivity contribution in [3.63, 3.8) is 0 Å². The van der Waals surface area contributed by atoms with E-state index in [0.29, 0.717) is 0 Å². The summed E-state index contributed by atoms with van der Waals surface area (Å²) in [5.74, 6) is 1.03. The summed E-state index contributed by atoms with van der Waals surface area (Å²) in [6.07, 6.45) is 4.10. The molecular formula is C20H18N2O3S. The number of rotatable bonds is 3. The standard InChI is InChI=1S/C20H18N2O3S/c1-26(23,24)19-10-9-13(11-14(19)12-21)15-5-4-6-16(15)20-22-17-7-2-3-8-18(17)25-20/h2-3,7-11,15-16H,4-6H2,1H3. The van der Waals surface area contributed by atoms with Gasteiger partial charge in [-0.2, -0.15) is 5.26 Å². The van der Waals surface area contributed by atoms with Gasteiger partial charge in [0.25, 0.3) is 0 Å². The number of aromatic nitrogens is 1. The highest BCUT2D eigenvalue weighted by molar-refractivity contribution is 7.90. The zero-order chi connectivity index (χ0) is 18.3. The normalized spacial score (nSPS) is 20.3. The maximum atomic E-state index is 11.9.